The average Bonchev–Trinajstić information content (AvgIpc) is 2.29. The number of sulfonamides is 1. The molecular weight excluding hydrogens is 323 g/mol. The maximum Gasteiger partial charge on any atom is 0.215 e. The first-order valence-electron chi connectivity index (χ1n) is 5.69. The molecule has 0 saturated carbocycles. The van der Waals surface area contributed by atoms with Crippen LogP contribution in [0.1, 0.15) is 20.3 Å². The molecule has 1 radical (unpaired) electrons. The van der Waals surface area contributed by atoms with Crippen molar-refractivity contribution in [1.82, 2.24) is 4.31 Å². The molecular formula is C13H19NO2SY-2. The first kappa shape index (κ1) is 18.2. The Labute approximate surface area is 136 Å². The van der Waals surface area contributed by atoms with Gasteiger partial charge in [-0.3, -0.25) is 0 Å². The van der Waals surface area contributed by atoms with Crippen LogP contribution >= 0.6 is 0 Å². The van der Waals surface area contributed by atoms with Gasteiger partial charge in [-0.15, -0.1) is 0 Å². The molecule has 0 atom stereocenters. The van der Waals surface area contributed by atoms with Crippen molar-refractivity contribution in [3.8, 4) is 0 Å². The third-order valence-corrected chi connectivity index (χ3v) is 3.98. The maximum atomic E-state index is 12.3. The van der Waals surface area contributed by atoms with Gasteiger partial charge in [0.05, 0.1) is 4.90 Å². The molecule has 0 unspecified atom stereocenters. The van der Waals surface area contributed by atoms with Crippen LogP contribution in [0.5, 0.6) is 0 Å². The van der Waals surface area contributed by atoms with Crippen LogP contribution < -0.4 is 0 Å². The maximum absolute atomic E-state index is 12.3. The van der Waals surface area contributed by atoms with Crippen LogP contribution in [0.3, 0.4) is 0 Å². The summed E-state index contributed by atoms with van der Waals surface area (Å²) in [6.45, 7) is 9.77. The van der Waals surface area contributed by atoms with E-state index in [1.807, 2.05) is 13.8 Å². The Bertz CT molecular complexity index is 432. The van der Waals surface area contributed by atoms with Crippen molar-refractivity contribution in [1.29, 1.82) is 0 Å². The largest absolute Gasteiger partial charge is 0.350 e. The van der Waals surface area contributed by atoms with Crippen molar-refractivity contribution in [3.63, 3.8) is 0 Å². The summed E-state index contributed by atoms with van der Waals surface area (Å²) >= 11 is 0. The minimum absolute atomic E-state index is 0. The quantitative estimate of drug-likeness (QED) is 0.746. The summed E-state index contributed by atoms with van der Waals surface area (Å²) in [4.78, 5) is 0.324. The Kier molecular flexibility index (Phi) is 8.52. The third-order valence-electron chi connectivity index (χ3n) is 2.19. The van der Waals surface area contributed by atoms with E-state index in [9.17, 15) is 8.42 Å². The van der Waals surface area contributed by atoms with E-state index >= 15 is 0 Å². The smallest absolute Gasteiger partial charge is 0.215 e. The van der Waals surface area contributed by atoms with Crippen molar-refractivity contribution in [2.75, 3.05) is 6.54 Å². The zero-order chi connectivity index (χ0) is 12.9. The minimum Gasteiger partial charge on any atom is -0.350 e. The molecule has 5 heteroatoms. The van der Waals surface area contributed by atoms with Gasteiger partial charge < -0.3 is 11.2 Å². The van der Waals surface area contributed by atoms with Gasteiger partial charge in [0.1, 0.15) is 0 Å². The third kappa shape index (κ3) is 5.08. The van der Waals surface area contributed by atoms with E-state index in [4.69, 9.17) is 0 Å². The molecule has 0 aliphatic carbocycles. The number of benzene rings is 1. The molecule has 0 aliphatic heterocycles. The molecule has 18 heavy (non-hydrogen) atoms. The summed E-state index contributed by atoms with van der Waals surface area (Å²) in [5.74, 6) is 0.181. The van der Waals surface area contributed by atoms with E-state index in [0.29, 0.717) is 17.9 Å². The van der Waals surface area contributed by atoms with Gasteiger partial charge >= 0.3 is 0 Å². The Morgan fingerprint density at radius 1 is 1.28 bits per heavy atom. The molecule has 3 nitrogen and oxygen atoms in total. The van der Waals surface area contributed by atoms with Crippen LogP contribution in [0.4, 0.5) is 0 Å². The fourth-order valence-corrected chi connectivity index (χ4v) is 3.04. The van der Waals surface area contributed by atoms with Crippen molar-refractivity contribution in [2.24, 2.45) is 5.92 Å². The number of rotatable bonds is 6. The SMILES string of the molecule is [CH2-]CCN([CH-]C(C)C)S(=O)(=O)c1ccccc1.[Y]. The Balaban J connectivity index is 0.00000289. The molecule has 0 aliphatic rings. The molecule has 1 aromatic rings. The summed E-state index contributed by atoms with van der Waals surface area (Å²) in [7, 11) is -3.42. The van der Waals surface area contributed by atoms with Crippen molar-refractivity contribution < 1.29 is 41.1 Å². The molecule has 0 spiro atoms. The van der Waals surface area contributed by atoms with Gasteiger partial charge in [0.2, 0.25) is 10.0 Å². The fraction of sp³-hybridized carbons (Fsp3) is 0.385. The van der Waals surface area contributed by atoms with Crippen LogP contribution in [0.2, 0.25) is 0 Å². The molecule has 0 amide bonds. The second kappa shape index (κ2) is 8.41. The summed E-state index contributed by atoms with van der Waals surface area (Å²) in [6.07, 6.45) is 0.551. The minimum atomic E-state index is -3.42. The molecule has 99 valence electrons. The van der Waals surface area contributed by atoms with Gasteiger partial charge in [0.15, 0.2) is 0 Å². The van der Waals surface area contributed by atoms with Gasteiger partial charge in [-0.05, 0) is 18.7 Å². The Morgan fingerprint density at radius 3 is 2.28 bits per heavy atom. The van der Waals surface area contributed by atoms with Crippen molar-refractivity contribution >= 4 is 10.0 Å². The fourth-order valence-electron chi connectivity index (χ4n) is 1.49. The van der Waals surface area contributed by atoms with E-state index in [2.05, 4.69) is 6.92 Å². The first-order valence-corrected chi connectivity index (χ1v) is 7.13. The van der Waals surface area contributed by atoms with E-state index in [1.54, 1.807) is 36.9 Å². The van der Waals surface area contributed by atoms with E-state index in [1.165, 1.54) is 4.31 Å². The summed E-state index contributed by atoms with van der Waals surface area (Å²) in [5.41, 5.74) is 0. The molecule has 0 aromatic heterocycles. The van der Waals surface area contributed by atoms with Gasteiger partial charge in [-0.2, -0.15) is 12.3 Å². The molecule has 0 saturated heterocycles. The van der Waals surface area contributed by atoms with Crippen LogP contribution in [0.15, 0.2) is 35.2 Å². The van der Waals surface area contributed by atoms with E-state index < -0.39 is 10.0 Å². The molecule has 1 rings (SSSR count). The van der Waals surface area contributed by atoms with Gasteiger partial charge in [-0.25, -0.2) is 15.0 Å². The zero-order valence-electron chi connectivity index (χ0n) is 10.9. The second-order valence-corrected chi connectivity index (χ2v) is 6.07. The number of nitrogens with zero attached hydrogens (tertiary/aromatic N) is 1. The predicted molar refractivity (Wildman–Crippen MR) is 69.4 cm³/mol. The zero-order valence-corrected chi connectivity index (χ0v) is 14.6. The van der Waals surface area contributed by atoms with Crippen molar-refractivity contribution in [2.45, 2.75) is 25.2 Å². The van der Waals surface area contributed by atoms with Crippen LogP contribution in [0.25, 0.3) is 0 Å². The Morgan fingerprint density at radius 2 is 1.83 bits per heavy atom. The molecule has 1 aromatic carbocycles. The predicted octanol–water partition coefficient (Wildman–Crippen LogP) is 2.72. The van der Waals surface area contributed by atoms with E-state index in [-0.39, 0.29) is 38.6 Å². The number of hydrogen-bond donors (Lipinski definition) is 0. The molecule has 0 N–H and O–H groups in total. The van der Waals surface area contributed by atoms with Crippen molar-refractivity contribution in [3.05, 3.63) is 43.8 Å². The van der Waals surface area contributed by atoms with Crippen LogP contribution in [-0.2, 0) is 42.7 Å². The molecule has 0 fully saturated rings. The van der Waals surface area contributed by atoms with Gasteiger partial charge in [0.25, 0.3) is 0 Å². The second-order valence-electron chi connectivity index (χ2n) is 4.18. The summed E-state index contributed by atoms with van der Waals surface area (Å²) in [5, 5.41) is 0. The Hall–Kier alpha value is 0.234. The standard InChI is InChI=1S/C13H19NO2S.Y/c1-4-10-14(11-12(2)3)17(15,16)13-8-6-5-7-9-13;/h5-9,11-12H,1,4,10H2,2-3H3;/q-2;. The molecule has 0 heterocycles. The summed E-state index contributed by atoms with van der Waals surface area (Å²) < 4.78 is 26.0. The summed E-state index contributed by atoms with van der Waals surface area (Å²) in [6, 6.07) is 8.48. The number of hydrogen-bond acceptors (Lipinski definition) is 2. The average molecular weight is 342 g/mol. The van der Waals surface area contributed by atoms with E-state index in [0.717, 1.165) is 0 Å². The van der Waals surface area contributed by atoms with Crippen LogP contribution in [-0.4, -0.2) is 19.3 Å². The topological polar surface area (TPSA) is 37.4 Å². The monoisotopic (exact) mass is 342 g/mol. The van der Waals surface area contributed by atoms with Gasteiger partial charge in [0, 0.05) is 32.7 Å². The molecule has 0 bridgehead atoms. The van der Waals surface area contributed by atoms with Crippen LogP contribution in [0, 0.1) is 19.4 Å². The first-order chi connectivity index (χ1) is 7.98. The normalized spacial score (nSPS) is 11.6. The van der Waals surface area contributed by atoms with Gasteiger partial charge in [-0.1, -0.05) is 32.0 Å².